The van der Waals surface area contributed by atoms with E-state index in [1.165, 1.54) is 11.1 Å². The van der Waals surface area contributed by atoms with Crippen LogP contribution < -0.4 is 10.1 Å². The first-order valence-electron chi connectivity index (χ1n) is 12.3. The quantitative estimate of drug-likeness (QED) is 0.571. The van der Waals surface area contributed by atoms with E-state index in [0.717, 1.165) is 24.0 Å². The largest absolute Gasteiger partial charge is 0.481 e. The Kier molecular flexibility index (Phi) is 8.54. The maximum Gasteiger partial charge on any atom is 0.261 e. The molecule has 3 rings (SSSR count). The van der Waals surface area contributed by atoms with E-state index >= 15 is 0 Å². The second kappa shape index (κ2) is 11.4. The van der Waals surface area contributed by atoms with E-state index in [1.807, 2.05) is 30.9 Å². The molecule has 2 amide bonds. The summed E-state index contributed by atoms with van der Waals surface area (Å²) < 4.78 is 6.14. The van der Waals surface area contributed by atoms with Crippen LogP contribution in [0, 0.1) is 12.8 Å². The molecule has 0 aliphatic carbocycles. The summed E-state index contributed by atoms with van der Waals surface area (Å²) in [5.74, 6) is 1.07. The SMILES string of the molecule is CCCNC(=O)[C@H](CC)Oc1ccc2c(c1)[C@@H](c1ccc(C)cc1)N(C(=O)CC(C)C)CC2. The number of aryl methyl sites for hydroxylation is 1. The van der Waals surface area contributed by atoms with Crippen molar-refractivity contribution in [1.82, 2.24) is 10.2 Å². The van der Waals surface area contributed by atoms with Gasteiger partial charge in [0, 0.05) is 19.5 Å². The van der Waals surface area contributed by atoms with Crippen molar-refractivity contribution in [2.75, 3.05) is 13.1 Å². The van der Waals surface area contributed by atoms with Crippen molar-refractivity contribution < 1.29 is 14.3 Å². The molecule has 0 bridgehead atoms. The van der Waals surface area contributed by atoms with Gasteiger partial charge in [0.2, 0.25) is 5.91 Å². The zero-order valence-corrected chi connectivity index (χ0v) is 20.7. The Morgan fingerprint density at radius 2 is 1.85 bits per heavy atom. The highest BCUT2D eigenvalue weighted by atomic mass is 16.5. The van der Waals surface area contributed by atoms with E-state index in [2.05, 4.69) is 56.4 Å². The molecule has 1 N–H and O–H groups in total. The van der Waals surface area contributed by atoms with Crippen LogP contribution in [0.15, 0.2) is 42.5 Å². The zero-order valence-electron chi connectivity index (χ0n) is 20.7. The number of ether oxygens (including phenoxy) is 1. The maximum atomic E-state index is 13.2. The molecule has 2 atom stereocenters. The predicted octanol–water partition coefficient (Wildman–Crippen LogP) is 5.20. The molecule has 0 spiro atoms. The highest BCUT2D eigenvalue weighted by Crippen LogP contribution is 2.38. The summed E-state index contributed by atoms with van der Waals surface area (Å²) in [7, 11) is 0. The van der Waals surface area contributed by atoms with Gasteiger partial charge in [-0.3, -0.25) is 9.59 Å². The fourth-order valence-electron chi connectivity index (χ4n) is 4.36. The molecule has 1 aliphatic heterocycles. The number of amides is 2. The number of hydrogen-bond acceptors (Lipinski definition) is 3. The van der Waals surface area contributed by atoms with Crippen LogP contribution in [0.2, 0.25) is 0 Å². The van der Waals surface area contributed by atoms with Crippen LogP contribution in [-0.4, -0.2) is 35.9 Å². The lowest BCUT2D eigenvalue weighted by Crippen LogP contribution is -2.41. The molecule has 2 aromatic rings. The molecule has 1 heterocycles. The fourth-order valence-corrected chi connectivity index (χ4v) is 4.36. The molecule has 0 saturated carbocycles. The third-order valence-corrected chi connectivity index (χ3v) is 6.13. The third kappa shape index (κ3) is 6.16. The van der Waals surface area contributed by atoms with Gasteiger partial charge in [0.05, 0.1) is 6.04 Å². The van der Waals surface area contributed by atoms with Gasteiger partial charge in [0.1, 0.15) is 5.75 Å². The molecule has 33 heavy (non-hydrogen) atoms. The van der Waals surface area contributed by atoms with Crippen LogP contribution in [-0.2, 0) is 16.0 Å². The summed E-state index contributed by atoms with van der Waals surface area (Å²) in [4.78, 5) is 27.7. The number of nitrogens with zero attached hydrogens (tertiary/aromatic N) is 1. The average Bonchev–Trinajstić information content (AvgIpc) is 2.80. The number of hydrogen-bond donors (Lipinski definition) is 1. The average molecular weight is 451 g/mol. The molecule has 0 fully saturated rings. The number of benzene rings is 2. The highest BCUT2D eigenvalue weighted by molar-refractivity contribution is 5.81. The molecule has 178 valence electrons. The molecule has 5 heteroatoms. The zero-order chi connectivity index (χ0) is 24.0. The third-order valence-electron chi connectivity index (χ3n) is 6.13. The second-order valence-electron chi connectivity index (χ2n) is 9.41. The van der Waals surface area contributed by atoms with Crippen LogP contribution in [0.5, 0.6) is 5.75 Å². The van der Waals surface area contributed by atoms with Crippen molar-refractivity contribution in [3.63, 3.8) is 0 Å². The van der Waals surface area contributed by atoms with Gasteiger partial charge in [0.25, 0.3) is 5.91 Å². The Morgan fingerprint density at radius 1 is 1.12 bits per heavy atom. The fraction of sp³-hybridized carbons (Fsp3) is 0.500. The summed E-state index contributed by atoms with van der Waals surface area (Å²) in [5, 5.41) is 2.93. The summed E-state index contributed by atoms with van der Waals surface area (Å²) in [6.45, 7) is 11.6. The van der Waals surface area contributed by atoms with Gasteiger partial charge < -0.3 is 15.0 Å². The van der Waals surface area contributed by atoms with E-state index in [9.17, 15) is 9.59 Å². The molecule has 1 aliphatic rings. The molecule has 0 saturated heterocycles. The number of nitrogens with one attached hydrogen (secondary N) is 1. The van der Waals surface area contributed by atoms with Gasteiger partial charge in [-0.05, 0) is 60.9 Å². The molecule has 0 radical (unpaired) electrons. The maximum absolute atomic E-state index is 13.2. The Hall–Kier alpha value is -2.82. The smallest absolute Gasteiger partial charge is 0.261 e. The number of carbonyl (C=O) groups excluding carboxylic acids is 2. The second-order valence-corrected chi connectivity index (χ2v) is 9.41. The van der Waals surface area contributed by atoms with Crippen molar-refractivity contribution in [1.29, 1.82) is 0 Å². The van der Waals surface area contributed by atoms with Gasteiger partial charge in [0.15, 0.2) is 6.10 Å². The lowest BCUT2D eigenvalue weighted by molar-refractivity contribution is -0.134. The van der Waals surface area contributed by atoms with Gasteiger partial charge >= 0.3 is 0 Å². The molecule has 2 aromatic carbocycles. The van der Waals surface area contributed by atoms with Crippen LogP contribution in [0.25, 0.3) is 0 Å². The van der Waals surface area contributed by atoms with E-state index in [-0.39, 0.29) is 17.9 Å². The summed E-state index contributed by atoms with van der Waals surface area (Å²) >= 11 is 0. The minimum atomic E-state index is -0.533. The Labute approximate surface area is 198 Å². The first-order chi connectivity index (χ1) is 15.8. The molecule has 0 unspecified atom stereocenters. The van der Waals surface area contributed by atoms with Gasteiger partial charge in [-0.25, -0.2) is 0 Å². The Balaban J connectivity index is 1.96. The monoisotopic (exact) mass is 450 g/mol. The van der Waals surface area contributed by atoms with Crippen molar-refractivity contribution in [3.8, 4) is 5.75 Å². The number of fused-ring (bicyclic) bond motifs is 1. The first-order valence-corrected chi connectivity index (χ1v) is 12.3. The molecular formula is C28H38N2O3. The molecule has 5 nitrogen and oxygen atoms in total. The Morgan fingerprint density at radius 3 is 2.48 bits per heavy atom. The van der Waals surface area contributed by atoms with Crippen LogP contribution in [0.3, 0.4) is 0 Å². The highest BCUT2D eigenvalue weighted by Gasteiger charge is 2.32. The molecular weight excluding hydrogens is 412 g/mol. The molecule has 0 aromatic heterocycles. The summed E-state index contributed by atoms with van der Waals surface area (Å²) in [5.41, 5.74) is 4.60. The van der Waals surface area contributed by atoms with E-state index in [1.54, 1.807) is 0 Å². The van der Waals surface area contributed by atoms with E-state index < -0.39 is 6.10 Å². The van der Waals surface area contributed by atoms with E-state index in [0.29, 0.717) is 37.6 Å². The van der Waals surface area contributed by atoms with Crippen LogP contribution in [0.1, 0.15) is 75.3 Å². The summed E-state index contributed by atoms with van der Waals surface area (Å²) in [6, 6.07) is 14.3. The van der Waals surface area contributed by atoms with Crippen molar-refractivity contribution >= 4 is 11.8 Å². The Bertz CT molecular complexity index is 952. The minimum Gasteiger partial charge on any atom is -0.481 e. The lowest BCUT2D eigenvalue weighted by Gasteiger charge is -2.38. The van der Waals surface area contributed by atoms with Crippen molar-refractivity contribution in [3.05, 3.63) is 64.7 Å². The topological polar surface area (TPSA) is 58.6 Å². The minimum absolute atomic E-state index is 0.0825. The standard InChI is InChI=1S/C28H38N2O3/c1-6-15-29-28(32)25(7-2)33-23-13-12-21-14-16-30(26(31)17-19(3)4)27(24(21)18-23)22-10-8-20(5)9-11-22/h8-13,18-19,25,27H,6-7,14-17H2,1-5H3,(H,29,32)/t25-,27+/m0/s1. The van der Waals surface area contributed by atoms with Gasteiger partial charge in [-0.15, -0.1) is 0 Å². The van der Waals surface area contributed by atoms with Gasteiger partial charge in [-0.1, -0.05) is 63.6 Å². The van der Waals surface area contributed by atoms with Crippen LogP contribution >= 0.6 is 0 Å². The number of rotatable bonds is 9. The van der Waals surface area contributed by atoms with E-state index in [4.69, 9.17) is 4.74 Å². The van der Waals surface area contributed by atoms with Crippen LogP contribution in [0.4, 0.5) is 0 Å². The number of carbonyl (C=O) groups is 2. The predicted molar refractivity (Wildman–Crippen MR) is 132 cm³/mol. The summed E-state index contributed by atoms with van der Waals surface area (Å²) in [6.07, 6.45) is 2.29. The van der Waals surface area contributed by atoms with Crippen molar-refractivity contribution in [2.45, 2.75) is 72.4 Å². The first kappa shape index (κ1) is 24.8. The lowest BCUT2D eigenvalue weighted by atomic mass is 9.87. The normalized spacial score (nSPS) is 16.3. The van der Waals surface area contributed by atoms with Gasteiger partial charge in [-0.2, -0.15) is 0 Å². The van der Waals surface area contributed by atoms with Crippen molar-refractivity contribution in [2.24, 2.45) is 5.92 Å².